The van der Waals surface area contributed by atoms with Crippen LogP contribution in [0.3, 0.4) is 0 Å². The topological polar surface area (TPSA) is 50.9 Å². The molecule has 1 aliphatic heterocycles. The molecule has 0 atom stereocenters. The van der Waals surface area contributed by atoms with E-state index in [2.05, 4.69) is 28.5 Å². The van der Waals surface area contributed by atoms with Gasteiger partial charge in [0.2, 0.25) is 0 Å². The Hall–Kier alpha value is -2.03. The standard InChI is InChI=1S/C13H13N3/c14-13-3-1-2-12(16-13)9-4-5-11-10(8-9)6-7-15-11/h1-5,8,15H,6-7H2,(H2,14,16). The maximum absolute atomic E-state index is 5.69. The molecule has 1 aliphatic rings. The molecule has 0 fully saturated rings. The lowest BCUT2D eigenvalue weighted by molar-refractivity contribution is 1.11. The minimum absolute atomic E-state index is 0.566. The number of rotatable bonds is 1. The molecule has 0 bridgehead atoms. The van der Waals surface area contributed by atoms with E-state index in [4.69, 9.17) is 5.73 Å². The van der Waals surface area contributed by atoms with Gasteiger partial charge in [-0.3, -0.25) is 0 Å². The minimum Gasteiger partial charge on any atom is -0.384 e. The van der Waals surface area contributed by atoms with Gasteiger partial charge in [-0.25, -0.2) is 4.98 Å². The van der Waals surface area contributed by atoms with Crippen LogP contribution in [0.15, 0.2) is 36.4 Å². The maximum atomic E-state index is 5.69. The van der Waals surface area contributed by atoms with Crippen molar-refractivity contribution < 1.29 is 0 Å². The summed E-state index contributed by atoms with van der Waals surface area (Å²) in [4.78, 5) is 4.33. The molecule has 0 spiro atoms. The van der Waals surface area contributed by atoms with Gasteiger partial charge in [-0.15, -0.1) is 0 Å². The number of nitrogen functional groups attached to an aromatic ring is 1. The van der Waals surface area contributed by atoms with Gasteiger partial charge in [-0.05, 0) is 36.2 Å². The van der Waals surface area contributed by atoms with Crippen LogP contribution in [0, 0.1) is 0 Å². The summed E-state index contributed by atoms with van der Waals surface area (Å²) in [5.74, 6) is 0.566. The average Bonchev–Trinajstić information content (AvgIpc) is 2.75. The molecule has 16 heavy (non-hydrogen) atoms. The largest absolute Gasteiger partial charge is 0.384 e. The van der Waals surface area contributed by atoms with Crippen LogP contribution in [-0.2, 0) is 6.42 Å². The molecule has 3 rings (SSSR count). The summed E-state index contributed by atoms with van der Waals surface area (Å²) < 4.78 is 0. The van der Waals surface area contributed by atoms with Crippen LogP contribution >= 0.6 is 0 Å². The van der Waals surface area contributed by atoms with Crippen LogP contribution in [0.1, 0.15) is 5.56 Å². The minimum atomic E-state index is 0.566. The van der Waals surface area contributed by atoms with Crippen LogP contribution in [0.25, 0.3) is 11.3 Å². The SMILES string of the molecule is Nc1cccc(-c2ccc3c(c2)CCN3)n1. The molecule has 3 heteroatoms. The Balaban J connectivity index is 2.07. The Morgan fingerprint density at radius 1 is 1.19 bits per heavy atom. The molecule has 0 saturated carbocycles. The molecule has 0 amide bonds. The third-order valence-electron chi connectivity index (χ3n) is 2.88. The fourth-order valence-electron chi connectivity index (χ4n) is 2.08. The van der Waals surface area contributed by atoms with Crippen LogP contribution in [0.4, 0.5) is 11.5 Å². The summed E-state index contributed by atoms with van der Waals surface area (Å²) >= 11 is 0. The second kappa shape index (κ2) is 3.52. The first kappa shape index (κ1) is 9.21. The highest BCUT2D eigenvalue weighted by Gasteiger charge is 2.10. The molecule has 2 aromatic rings. The smallest absolute Gasteiger partial charge is 0.124 e. The summed E-state index contributed by atoms with van der Waals surface area (Å²) in [5.41, 5.74) is 10.4. The van der Waals surface area contributed by atoms with Crippen LogP contribution < -0.4 is 11.1 Å². The average molecular weight is 211 g/mol. The first-order chi connectivity index (χ1) is 7.83. The van der Waals surface area contributed by atoms with Gasteiger partial charge < -0.3 is 11.1 Å². The van der Waals surface area contributed by atoms with E-state index in [1.807, 2.05) is 12.1 Å². The molecule has 0 radical (unpaired) electrons. The van der Waals surface area contributed by atoms with Gasteiger partial charge in [0.25, 0.3) is 0 Å². The number of anilines is 2. The Morgan fingerprint density at radius 2 is 2.12 bits per heavy atom. The molecule has 0 unspecified atom stereocenters. The fourth-order valence-corrected chi connectivity index (χ4v) is 2.08. The molecule has 0 aliphatic carbocycles. The Labute approximate surface area is 94.3 Å². The summed E-state index contributed by atoms with van der Waals surface area (Å²) in [6.45, 7) is 1.03. The Kier molecular flexibility index (Phi) is 2.03. The van der Waals surface area contributed by atoms with Gasteiger partial charge in [0.1, 0.15) is 5.82 Å². The molecule has 1 aromatic carbocycles. The van der Waals surface area contributed by atoms with E-state index in [1.165, 1.54) is 11.3 Å². The van der Waals surface area contributed by atoms with Crippen molar-refractivity contribution in [2.75, 3.05) is 17.6 Å². The van der Waals surface area contributed by atoms with E-state index in [0.717, 1.165) is 24.2 Å². The zero-order valence-electron chi connectivity index (χ0n) is 8.90. The van der Waals surface area contributed by atoms with E-state index in [9.17, 15) is 0 Å². The number of nitrogens with one attached hydrogen (secondary N) is 1. The molecular weight excluding hydrogens is 198 g/mol. The van der Waals surface area contributed by atoms with E-state index in [-0.39, 0.29) is 0 Å². The van der Waals surface area contributed by atoms with Crippen molar-refractivity contribution >= 4 is 11.5 Å². The van der Waals surface area contributed by atoms with Crippen LogP contribution in [0.5, 0.6) is 0 Å². The lowest BCUT2D eigenvalue weighted by atomic mass is 10.1. The van der Waals surface area contributed by atoms with Gasteiger partial charge >= 0.3 is 0 Å². The van der Waals surface area contributed by atoms with E-state index < -0.39 is 0 Å². The van der Waals surface area contributed by atoms with Crippen molar-refractivity contribution in [3.05, 3.63) is 42.0 Å². The number of hydrogen-bond acceptors (Lipinski definition) is 3. The lowest BCUT2D eigenvalue weighted by Crippen LogP contribution is -1.92. The Morgan fingerprint density at radius 3 is 3.00 bits per heavy atom. The summed E-state index contributed by atoms with van der Waals surface area (Å²) in [6, 6.07) is 12.1. The molecule has 3 nitrogen and oxygen atoms in total. The zero-order valence-corrected chi connectivity index (χ0v) is 8.90. The maximum Gasteiger partial charge on any atom is 0.124 e. The van der Waals surface area contributed by atoms with Gasteiger partial charge in [0.05, 0.1) is 5.69 Å². The third kappa shape index (κ3) is 1.50. The summed E-state index contributed by atoms with van der Waals surface area (Å²) in [7, 11) is 0. The van der Waals surface area contributed by atoms with Gasteiger partial charge in [0.15, 0.2) is 0 Å². The second-order valence-corrected chi connectivity index (χ2v) is 4.00. The third-order valence-corrected chi connectivity index (χ3v) is 2.88. The van der Waals surface area contributed by atoms with Crippen LogP contribution in [-0.4, -0.2) is 11.5 Å². The molecule has 0 saturated heterocycles. The summed E-state index contributed by atoms with van der Waals surface area (Å²) in [6.07, 6.45) is 1.09. The molecule has 1 aromatic heterocycles. The van der Waals surface area contributed by atoms with Gasteiger partial charge in [-0.2, -0.15) is 0 Å². The number of hydrogen-bond donors (Lipinski definition) is 2. The van der Waals surface area contributed by atoms with E-state index >= 15 is 0 Å². The molecule has 2 heterocycles. The van der Waals surface area contributed by atoms with E-state index in [0.29, 0.717) is 5.82 Å². The normalized spacial score (nSPS) is 13.2. The first-order valence-corrected chi connectivity index (χ1v) is 5.43. The van der Waals surface area contributed by atoms with Gasteiger partial charge in [0, 0.05) is 17.8 Å². The van der Waals surface area contributed by atoms with Crippen molar-refractivity contribution in [1.82, 2.24) is 4.98 Å². The predicted molar refractivity (Wildman–Crippen MR) is 66.3 cm³/mol. The highest BCUT2D eigenvalue weighted by atomic mass is 14.9. The molecule has 80 valence electrons. The fraction of sp³-hybridized carbons (Fsp3) is 0.154. The quantitative estimate of drug-likeness (QED) is 0.761. The Bertz CT molecular complexity index is 534. The predicted octanol–water partition coefficient (Wildman–Crippen LogP) is 2.30. The van der Waals surface area contributed by atoms with Crippen LogP contribution in [0.2, 0.25) is 0 Å². The highest BCUT2D eigenvalue weighted by Crippen LogP contribution is 2.27. The van der Waals surface area contributed by atoms with Crippen molar-refractivity contribution in [2.24, 2.45) is 0 Å². The summed E-state index contributed by atoms with van der Waals surface area (Å²) in [5, 5.41) is 3.35. The highest BCUT2D eigenvalue weighted by molar-refractivity contribution is 5.68. The number of nitrogens with two attached hydrogens (primary N) is 1. The first-order valence-electron chi connectivity index (χ1n) is 5.43. The van der Waals surface area contributed by atoms with Crippen molar-refractivity contribution in [1.29, 1.82) is 0 Å². The number of aromatic nitrogens is 1. The van der Waals surface area contributed by atoms with Gasteiger partial charge in [-0.1, -0.05) is 12.1 Å². The van der Waals surface area contributed by atoms with Crippen molar-refractivity contribution in [3.63, 3.8) is 0 Å². The second-order valence-electron chi connectivity index (χ2n) is 4.00. The van der Waals surface area contributed by atoms with E-state index in [1.54, 1.807) is 6.07 Å². The number of nitrogens with zero attached hydrogens (tertiary/aromatic N) is 1. The lowest BCUT2D eigenvalue weighted by Gasteiger charge is -2.04. The van der Waals surface area contributed by atoms with Crippen molar-refractivity contribution in [3.8, 4) is 11.3 Å². The number of pyridine rings is 1. The van der Waals surface area contributed by atoms with Crippen molar-refractivity contribution in [2.45, 2.75) is 6.42 Å². The molecular formula is C13H13N3. The number of benzene rings is 1. The number of fused-ring (bicyclic) bond motifs is 1. The zero-order chi connectivity index (χ0) is 11.0. The monoisotopic (exact) mass is 211 g/mol. The molecule has 3 N–H and O–H groups in total.